The number of aliphatic hydroxyl groups is 1. The summed E-state index contributed by atoms with van der Waals surface area (Å²) in [7, 11) is 0. The molecule has 3 aromatic rings. The van der Waals surface area contributed by atoms with Gasteiger partial charge in [-0.05, 0) is 30.5 Å². The third kappa shape index (κ3) is 7.63. The number of hydrogen-bond acceptors (Lipinski definition) is 6. The molecule has 11 heteroatoms. The number of carboxylic acids is 1. The van der Waals surface area contributed by atoms with Gasteiger partial charge in [0.15, 0.2) is 6.04 Å². The number of rotatable bonds is 12. The lowest BCUT2D eigenvalue weighted by atomic mass is 10.0. The number of carbonyl (C=O) groups is 4. The molecule has 0 aliphatic rings. The van der Waals surface area contributed by atoms with E-state index in [1.807, 2.05) is 54.6 Å². The third-order valence-electron chi connectivity index (χ3n) is 5.86. The third-order valence-corrected chi connectivity index (χ3v) is 5.86. The first-order chi connectivity index (χ1) is 17.7. The highest BCUT2D eigenvalue weighted by Crippen LogP contribution is 2.19. The van der Waals surface area contributed by atoms with Crippen LogP contribution in [-0.4, -0.2) is 69.7 Å². The Hall–Kier alpha value is -4.22. The number of fused-ring (bicyclic) bond motifs is 1. The zero-order chi connectivity index (χ0) is 26.9. The van der Waals surface area contributed by atoms with Crippen LogP contribution in [0.15, 0.2) is 60.8 Å². The van der Waals surface area contributed by atoms with E-state index in [4.69, 9.17) is 5.73 Å². The van der Waals surface area contributed by atoms with Crippen molar-refractivity contribution in [1.29, 1.82) is 0 Å². The predicted octanol–water partition coefficient (Wildman–Crippen LogP) is -0.168. The summed E-state index contributed by atoms with van der Waals surface area (Å²) in [5, 5.41) is 27.2. The van der Waals surface area contributed by atoms with E-state index in [9.17, 15) is 29.4 Å². The molecule has 8 N–H and O–H groups in total. The summed E-state index contributed by atoms with van der Waals surface area (Å²) in [6, 6.07) is 13.0. The highest BCUT2D eigenvalue weighted by Gasteiger charge is 2.30. The van der Waals surface area contributed by atoms with E-state index in [1.165, 1.54) is 6.92 Å². The molecule has 3 amide bonds. The van der Waals surface area contributed by atoms with E-state index in [0.29, 0.717) is 5.56 Å². The van der Waals surface area contributed by atoms with Crippen molar-refractivity contribution in [3.8, 4) is 0 Å². The maximum atomic E-state index is 13.0. The Labute approximate surface area is 213 Å². The van der Waals surface area contributed by atoms with Gasteiger partial charge >= 0.3 is 5.97 Å². The molecule has 1 heterocycles. The lowest BCUT2D eigenvalue weighted by Gasteiger charge is -2.23. The molecule has 4 unspecified atom stereocenters. The SMILES string of the molecule is CC(O)C(NC(=O)C(Cc1c[nH]c2ccccc12)NC(=O)CNC(=O)C(N)Cc1ccccc1)C(=O)O. The van der Waals surface area contributed by atoms with E-state index in [-0.39, 0.29) is 12.8 Å². The molecule has 0 fully saturated rings. The van der Waals surface area contributed by atoms with E-state index in [0.717, 1.165) is 16.5 Å². The first kappa shape index (κ1) is 27.4. The minimum atomic E-state index is -1.56. The molecule has 0 bridgehead atoms. The number of aliphatic carboxylic acids is 1. The summed E-state index contributed by atoms with van der Waals surface area (Å²) in [4.78, 5) is 52.6. The van der Waals surface area contributed by atoms with Crippen LogP contribution in [0.4, 0.5) is 0 Å². The second-order valence-corrected chi connectivity index (χ2v) is 8.76. The monoisotopic (exact) mass is 509 g/mol. The van der Waals surface area contributed by atoms with Crippen molar-refractivity contribution in [1.82, 2.24) is 20.9 Å². The summed E-state index contributed by atoms with van der Waals surface area (Å²) in [5.74, 6) is -3.40. The highest BCUT2D eigenvalue weighted by atomic mass is 16.4. The fraction of sp³-hybridized carbons (Fsp3) is 0.308. The molecule has 0 radical (unpaired) electrons. The largest absolute Gasteiger partial charge is 0.480 e. The molecule has 0 aliphatic carbocycles. The average molecular weight is 510 g/mol. The normalized spacial score (nSPS) is 14.2. The van der Waals surface area contributed by atoms with Crippen LogP contribution >= 0.6 is 0 Å². The van der Waals surface area contributed by atoms with Gasteiger partial charge in [0.25, 0.3) is 0 Å². The van der Waals surface area contributed by atoms with E-state index >= 15 is 0 Å². The molecule has 0 aliphatic heterocycles. The molecule has 3 rings (SSSR count). The number of carbonyl (C=O) groups excluding carboxylic acids is 3. The van der Waals surface area contributed by atoms with Crippen LogP contribution in [-0.2, 0) is 32.0 Å². The Balaban J connectivity index is 1.67. The lowest BCUT2D eigenvalue weighted by Crippen LogP contribution is -2.56. The van der Waals surface area contributed by atoms with Gasteiger partial charge in [-0.2, -0.15) is 0 Å². The van der Waals surface area contributed by atoms with Gasteiger partial charge in [0.1, 0.15) is 6.04 Å². The molecule has 37 heavy (non-hydrogen) atoms. The van der Waals surface area contributed by atoms with E-state index < -0.39 is 54.5 Å². The molecule has 0 spiro atoms. The predicted molar refractivity (Wildman–Crippen MR) is 136 cm³/mol. The number of H-pyrrole nitrogens is 1. The van der Waals surface area contributed by atoms with Crippen molar-refractivity contribution >= 4 is 34.6 Å². The Morgan fingerprint density at radius 1 is 0.946 bits per heavy atom. The maximum absolute atomic E-state index is 13.0. The Morgan fingerprint density at radius 2 is 1.62 bits per heavy atom. The van der Waals surface area contributed by atoms with Crippen molar-refractivity contribution in [2.75, 3.05) is 6.54 Å². The topological polar surface area (TPSA) is 187 Å². The molecule has 0 saturated heterocycles. The summed E-state index contributed by atoms with van der Waals surface area (Å²) < 4.78 is 0. The maximum Gasteiger partial charge on any atom is 0.328 e. The van der Waals surface area contributed by atoms with Crippen LogP contribution in [0.3, 0.4) is 0 Å². The molecule has 0 saturated carbocycles. The lowest BCUT2D eigenvalue weighted by molar-refractivity contribution is -0.145. The van der Waals surface area contributed by atoms with Gasteiger partial charge in [-0.25, -0.2) is 4.79 Å². The molecule has 4 atom stereocenters. The van der Waals surface area contributed by atoms with Crippen LogP contribution in [0.1, 0.15) is 18.1 Å². The number of nitrogens with two attached hydrogens (primary N) is 1. The van der Waals surface area contributed by atoms with Crippen LogP contribution in [0.25, 0.3) is 10.9 Å². The number of nitrogens with one attached hydrogen (secondary N) is 4. The van der Waals surface area contributed by atoms with Gasteiger partial charge in [0.2, 0.25) is 17.7 Å². The number of aromatic amines is 1. The van der Waals surface area contributed by atoms with Gasteiger partial charge < -0.3 is 36.9 Å². The van der Waals surface area contributed by atoms with Gasteiger partial charge in [0, 0.05) is 23.5 Å². The second kappa shape index (κ2) is 12.7. The molecule has 11 nitrogen and oxygen atoms in total. The number of carboxylic acid groups (broad SMARTS) is 1. The smallest absolute Gasteiger partial charge is 0.328 e. The number of aromatic nitrogens is 1. The summed E-state index contributed by atoms with van der Waals surface area (Å²) >= 11 is 0. The highest BCUT2D eigenvalue weighted by molar-refractivity contribution is 5.93. The first-order valence-electron chi connectivity index (χ1n) is 11.8. The fourth-order valence-corrected chi connectivity index (χ4v) is 3.88. The van der Waals surface area contributed by atoms with Crippen molar-refractivity contribution in [3.05, 3.63) is 71.9 Å². The van der Waals surface area contributed by atoms with Gasteiger partial charge in [-0.3, -0.25) is 14.4 Å². The van der Waals surface area contributed by atoms with Crippen LogP contribution in [0, 0.1) is 0 Å². The van der Waals surface area contributed by atoms with Crippen molar-refractivity contribution < 1.29 is 29.4 Å². The van der Waals surface area contributed by atoms with Gasteiger partial charge in [-0.15, -0.1) is 0 Å². The minimum absolute atomic E-state index is 0.0369. The van der Waals surface area contributed by atoms with E-state index in [1.54, 1.807) is 6.20 Å². The van der Waals surface area contributed by atoms with Crippen molar-refractivity contribution in [2.45, 2.75) is 44.0 Å². The van der Waals surface area contributed by atoms with Crippen LogP contribution < -0.4 is 21.7 Å². The van der Waals surface area contributed by atoms with Crippen LogP contribution in [0.2, 0.25) is 0 Å². The zero-order valence-corrected chi connectivity index (χ0v) is 20.3. The van der Waals surface area contributed by atoms with E-state index in [2.05, 4.69) is 20.9 Å². The summed E-state index contributed by atoms with van der Waals surface area (Å²) in [6.45, 7) is 0.804. The number of benzene rings is 2. The summed E-state index contributed by atoms with van der Waals surface area (Å²) in [6.07, 6.45) is 0.659. The first-order valence-corrected chi connectivity index (χ1v) is 11.8. The zero-order valence-electron chi connectivity index (χ0n) is 20.3. The number of para-hydroxylation sites is 1. The summed E-state index contributed by atoms with van der Waals surface area (Å²) in [5.41, 5.74) is 8.37. The molecular formula is C26H31N5O6. The van der Waals surface area contributed by atoms with Gasteiger partial charge in [-0.1, -0.05) is 48.5 Å². The minimum Gasteiger partial charge on any atom is -0.480 e. The Bertz CT molecular complexity index is 1240. The molecule has 2 aromatic carbocycles. The average Bonchev–Trinajstić information content (AvgIpc) is 3.28. The van der Waals surface area contributed by atoms with Crippen molar-refractivity contribution in [3.63, 3.8) is 0 Å². The van der Waals surface area contributed by atoms with Crippen molar-refractivity contribution in [2.24, 2.45) is 5.73 Å². The molecule has 196 valence electrons. The Morgan fingerprint density at radius 3 is 2.30 bits per heavy atom. The number of aliphatic hydroxyl groups excluding tert-OH is 1. The number of amides is 3. The second-order valence-electron chi connectivity index (χ2n) is 8.76. The Kier molecular flexibility index (Phi) is 9.36. The van der Waals surface area contributed by atoms with Crippen LogP contribution in [0.5, 0.6) is 0 Å². The standard InChI is InChI=1S/C26H31N5O6/c1-15(32)23(26(36)37)31-25(35)21(12-17-13-28-20-10-6-5-9-18(17)20)30-22(33)14-29-24(34)19(27)11-16-7-3-2-4-8-16/h2-10,13,15,19,21,23,28,32H,11-12,14,27H2,1H3,(H,29,34)(H,30,33)(H,31,35)(H,36,37). The fourth-order valence-electron chi connectivity index (χ4n) is 3.88. The van der Waals surface area contributed by atoms with Gasteiger partial charge in [0.05, 0.1) is 18.7 Å². The molecular weight excluding hydrogens is 478 g/mol. The number of hydrogen-bond donors (Lipinski definition) is 7. The quantitative estimate of drug-likeness (QED) is 0.177. The molecule has 1 aromatic heterocycles.